The van der Waals surface area contributed by atoms with Gasteiger partial charge in [-0.05, 0) is 49.4 Å². The average molecular weight is 319 g/mol. The number of likely N-dealkylation sites (N-methyl/N-ethyl adjacent to an activating group) is 1. The standard InChI is InChI=1S/C12H20BrFN4/c1-17(2)6-7-18-11(10(13)8-16-18)12(14)4-3-5-15-9-12/h8,15H,3-7,9H2,1-2H3. The molecule has 4 nitrogen and oxygen atoms in total. The molecule has 1 saturated heterocycles. The van der Waals surface area contributed by atoms with Crippen LogP contribution in [0.15, 0.2) is 10.7 Å². The Balaban J connectivity index is 2.22. The van der Waals surface area contributed by atoms with Crippen LogP contribution in [0.25, 0.3) is 0 Å². The van der Waals surface area contributed by atoms with Gasteiger partial charge in [-0.15, -0.1) is 0 Å². The van der Waals surface area contributed by atoms with Crippen LogP contribution in [-0.4, -0.2) is 48.4 Å². The van der Waals surface area contributed by atoms with Crippen molar-refractivity contribution in [1.29, 1.82) is 0 Å². The van der Waals surface area contributed by atoms with Gasteiger partial charge in [-0.3, -0.25) is 4.68 Å². The van der Waals surface area contributed by atoms with Crippen LogP contribution in [0.5, 0.6) is 0 Å². The van der Waals surface area contributed by atoms with Gasteiger partial charge in [0.2, 0.25) is 0 Å². The lowest BCUT2D eigenvalue weighted by Gasteiger charge is -2.31. The number of aromatic nitrogens is 2. The summed E-state index contributed by atoms with van der Waals surface area (Å²) in [4.78, 5) is 2.07. The number of piperidine rings is 1. The SMILES string of the molecule is CN(C)CCn1ncc(Br)c1C1(F)CCCNC1. The summed E-state index contributed by atoms with van der Waals surface area (Å²) < 4.78 is 17.6. The zero-order valence-corrected chi connectivity index (χ0v) is 12.5. The maximum absolute atomic E-state index is 15.0. The van der Waals surface area contributed by atoms with Gasteiger partial charge in [0.25, 0.3) is 0 Å². The number of nitrogens with zero attached hydrogens (tertiary/aromatic N) is 3. The highest BCUT2D eigenvalue weighted by atomic mass is 79.9. The van der Waals surface area contributed by atoms with Crippen LogP contribution < -0.4 is 5.32 Å². The first-order valence-corrected chi connectivity index (χ1v) is 7.08. The molecule has 0 radical (unpaired) electrons. The Morgan fingerprint density at radius 1 is 1.61 bits per heavy atom. The molecule has 1 N–H and O–H groups in total. The molecule has 0 amide bonds. The Morgan fingerprint density at radius 3 is 3.00 bits per heavy atom. The molecule has 1 aromatic rings. The van der Waals surface area contributed by atoms with E-state index < -0.39 is 5.67 Å². The first kappa shape index (κ1) is 14.0. The van der Waals surface area contributed by atoms with Crippen molar-refractivity contribution < 1.29 is 4.39 Å². The van der Waals surface area contributed by atoms with E-state index in [1.807, 2.05) is 14.1 Å². The molecule has 6 heteroatoms. The molecular weight excluding hydrogens is 299 g/mol. The molecule has 18 heavy (non-hydrogen) atoms. The summed E-state index contributed by atoms with van der Waals surface area (Å²) in [6.07, 6.45) is 3.12. The number of hydrogen-bond donors (Lipinski definition) is 1. The van der Waals surface area contributed by atoms with E-state index in [-0.39, 0.29) is 0 Å². The Hall–Kier alpha value is -0.460. The van der Waals surface area contributed by atoms with Crippen LogP contribution in [0.4, 0.5) is 4.39 Å². The molecule has 0 aliphatic carbocycles. The minimum atomic E-state index is -1.31. The predicted octanol–water partition coefficient (Wildman–Crippen LogP) is 1.76. The minimum absolute atomic E-state index is 0.374. The van der Waals surface area contributed by atoms with Crippen molar-refractivity contribution in [3.8, 4) is 0 Å². The molecule has 0 aromatic carbocycles. The molecule has 1 unspecified atom stereocenters. The molecule has 1 fully saturated rings. The van der Waals surface area contributed by atoms with Gasteiger partial charge in [0.1, 0.15) is 0 Å². The van der Waals surface area contributed by atoms with Crippen LogP contribution in [0.3, 0.4) is 0 Å². The van der Waals surface area contributed by atoms with E-state index in [2.05, 4.69) is 31.2 Å². The summed E-state index contributed by atoms with van der Waals surface area (Å²) in [5, 5.41) is 7.42. The number of halogens is 2. The number of hydrogen-bond acceptors (Lipinski definition) is 3. The van der Waals surface area contributed by atoms with Gasteiger partial charge in [-0.2, -0.15) is 5.10 Å². The Bertz CT molecular complexity index is 399. The van der Waals surface area contributed by atoms with Crippen LogP contribution >= 0.6 is 15.9 Å². The van der Waals surface area contributed by atoms with Gasteiger partial charge < -0.3 is 10.2 Å². The van der Waals surface area contributed by atoms with Crippen molar-refractivity contribution in [2.24, 2.45) is 0 Å². The lowest BCUT2D eigenvalue weighted by Crippen LogP contribution is -2.42. The van der Waals surface area contributed by atoms with Crippen LogP contribution in [0.1, 0.15) is 18.5 Å². The third kappa shape index (κ3) is 2.92. The van der Waals surface area contributed by atoms with E-state index in [9.17, 15) is 0 Å². The lowest BCUT2D eigenvalue weighted by atomic mass is 9.92. The molecule has 2 heterocycles. The van der Waals surface area contributed by atoms with Crippen molar-refractivity contribution in [1.82, 2.24) is 20.0 Å². The van der Waals surface area contributed by atoms with Gasteiger partial charge in [0, 0.05) is 13.1 Å². The summed E-state index contributed by atoms with van der Waals surface area (Å²) in [6.45, 7) is 2.83. The molecule has 0 bridgehead atoms. The second kappa shape index (κ2) is 5.67. The van der Waals surface area contributed by atoms with E-state index in [1.54, 1.807) is 10.9 Å². The Morgan fingerprint density at radius 2 is 2.39 bits per heavy atom. The van der Waals surface area contributed by atoms with Crippen molar-refractivity contribution in [2.45, 2.75) is 25.1 Å². The van der Waals surface area contributed by atoms with E-state index in [1.165, 1.54) is 0 Å². The average Bonchev–Trinajstić information content (AvgIpc) is 2.69. The lowest BCUT2D eigenvalue weighted by molar-refractivity contribution is 0.108. The summed E-state index contributed by atoms with van der Waals surface area (Å²) in [5.74, 6) is 0. The van der Waals surface area contributed by atoms with Crippen LogP contribution in [-0.2, 0) is 12.2 Å². The molecule has 0 spiro atoms. The summed E-state index contributed by atoms with van der Waals surface area (Å²) in [7, 11) is 4.01. The van der Waals surface area contributed by atoms with Crippen molar-refractivity contribution in [3.05, 3.63) is 16.4 Å². The second-order valence-corrected chi connectivity index (χ2v) is 5.97. The quantitative estimate of drug-likeness (QED) is 0.918. The maximum Gasteiger partial charge on any atom is 0.165 e. The highest BCUT2D eigenvalue weighted by Crippen LogP contribution is 2.36. The molecular formula is C12H20BrFN4. The smallest absolute Gasteiger partial charge is 0.165 e. The number of alkyl halides is 1. The van der Waals surface area contributed by atoms with Gasteiger partial charge in [-0.1, -0.05) is 0 Å². The Labute approximate surface area is 116 Å². The topological polar surface area (TPSA) is 33.1 Å². The van der Waals surface area contributed by atoms with Crippen molar-refractivity contribution in [3.63, 3.8) is 0 Å². The highest BCUT2D eigenvalue weighted by Gasteiger charge is 2.38. The third-order valence-electron chi connectivity index (χ3n) is 3.31. The van der Waals surface area contributed by atoms with E-state index in [4.69, 9.17) is 0 Å². The fourth-order valence-corrected chi connectivity index (χ4v) is 2.99. The van der Waals surface area contributed by atoms with Gasteiger partial charge >= 0.3 is 0 Å². The Kier molecular flexibility index (Phi) is 4.40. The summed E-state index contributed by atoms with van der Waals surface area (Å²) >= 11 is 3.43. The van der Waals surface area contributed by atoms with Gasteiger partial charge in [0.05, 0.1) is 22.9 Å². The van der Waals surface area contributed by atoms with Crippen molar-refractivity contribution in [2.75, 3.05) is 33.7 Å². The largest absolute Gasteiger partial charge is 0.313 e. The molecule has 1 aliphatic rings. The monoisotopic (exact) mass is 318 g/mol. The third-order valence-corrected chi connectivity index (χ3v) is 3.89. The fourth-order valence-electron chi connectivity index (χ4n) is 2.34. The normalized spacial score (nSPS) is 24.7. The number of rotatable bonds is 4. The molecule has 1 atom stereocenters. The van der Waals surface area contributed by atoms with Crippen molar-refractivity contribution >= 4 is 15.9 Å². The first-order valence-electron chi connectivity index (χ1n) is 6.29. The van der Waals surface area contributed by atoms with Crippen LogP contribution in [0, 0.1) is 0 Å². The molecule has 0 saturated carbocycles. The van der Waals surface area contributed by atoms with E-state index in [0.717, 1.165) is 24.0 Å². The van der Waals surface area contributed by atoms with E-state index in [0.29, 0.717) is 25.2 Å². The summed E-state index contributed by atoms with van der Waals surface area (Å²) in [5.41, 5.74) is -0.628. The zero-order valence-electron chi connectivity index (χ0n) is 10.9. The van der Waals surface area contributed by atoms with Crippen LogP contribution in [0.2, 0.25) is 0 Å². The summed E-state index contributed by atoms with van der Waals surface area (Å²) in [6, 6.07) is 0. The number of nitrogens with one attached hydrogen (secondary N) is 1. The molecule has 1 aliphatic heterocycles. The molecule has 1 aromatic heterocycles. The highest BCUT2D eigenvalue weighted by molar-refractivity contribution is 9.10. The molecule has 2 rings (SSSR count). The first-order chi connectivity index (χ1) is 8.53. The molecule has 102 valence electrons. The van der Waals surface area contributed by atoms with E-state index >= 15 is 4.39 Å². The zero-order chi connectivity index (χ0) is 13.2. The predicted molar refractivity (Wildman–Crippen MR) is 73.4 cm³/mol. The fraction of sp³-hybridized carbons (Fsp3) is 0.750. The minimum Gasteiger partial charge on any atom is -0.313 e. The maximum atomic E-state index is 15.0. The second-order valence-electron chi connectivity index (χ2n) is 5.11. The van der Waals surface area contributed by atoms with Gasteiger partial charge in [0.15, 0.2) is 5.67 Å². The van der Waals surface area contributed by atoms with Gasteiger partial charge in [-0.25, -0.2) is 4.39 Å².